The fraction of sp³-hybridized carbons (Fsp3) is 0.286. The zero-order valence-electron chi connectivity index (χ0n) is 15.7. The van der Waals surface area contributed by atoms with Crippen LogP contribution in [0.25, 0.3) is 10.9 Å². The van der Waals surface area contributed by atoms with Crippen molar-refractivity contribution >= 4 is 22.6 Å². The average molecular weight is 378 g/mol. The second kappa shape index (κ2) is 8.22. The molecule has 7 nitrogen and oxygen atoms in total. The third kappa shape index (κ3) is 3.89. The van der Waals surface area contributed by atoms with Gasteiger partial charge in [-0.2, -0.15) is 0 Å². The highest BCUT2D eigenvalue weighted by atomic mass is 16.5. The monoisotopic (exact) mass is 378 g/mol. The number of ether oxygens (including phenoxy) is 2. The quantitative estimate of drug-likeness (QED) is 0.735. The van der Waals surface area contributed by atoms with Crippen molar-refractivity contribution < 1.29 is 14.3 Å². The highest BCUT2D eigenvalue weighted by molar-refractivity contribution is 5.95. The minimum Gasteiger partial charge on any atom is -0.497 e. The molecule has 7 heteroatoms. The molecule has 3 heterocycles. The van der Waals surface area contributed by atoms with Crippen LogP contribution >= 0.6 is 0 Å². The van der Waals surface area contributed by atoms with Crippen LogP contribution in [0.3, 0.4) is 0 Å². The van der Waals surface area contributed by atoms with E-state index < -0.39 is 0 Å². The lowest BCUT2D eigenvalue weighted by atomic mass is 10.2. The number of nitrogens with one attached hydrogen (secondary N) is 1. The lowest BCUT2D eigenvalue weighted by Crippen LogP contribution is -2.37. The Hall–Kier alpha value is -3.19. The Morgan fingerprint density at radius 1 is 1.21 bits per heavy atom. The molecular formula is C21H22N4O3. The Labute approximate surface area is 163 Å². The number of aromatic nitrogens is 2. The maximum atomic E-state index is 12.6. The first-order chi connectivity index (χ1) is 13.7. The molecule has 0 spiro atoms. The summed E-state index contributed by atoms with van der Waals surface area (Å²) in [5.74, 6) is 1.44. The Kier molecular flexibility index (Phi) is 5.34. The van der Waals surface area contributed by atoms with Crippen molar-refractivity contribution in [3.63, 3.8) is 0 Å². The van der Waals surface area contributed by atoms with E-state index in [9.17, 15) is 4.79 Å². The minimum absolute atomic E-state index is 0.213. The van der Waals surface area contributed by atoms with E-state index in [0.717, 1.165) is 41.1 Å². The first kappa shape index (κ1) is 18.2. The first-order valence-electron chi connectivity index (χ1n) is 9.24. The number of anilines is 1. The standard InChI is InChI=1S/C21H22N4O3/c1-27-17-5-7-18-15(13-17)4-6-19(24-18)21(26)23-14-16-3-2-8-22-20(16)25-9-11-28-12-10-25/h2-8,13H,9-12,14H2,1H3,(H,23,26). The SMILES string of the molecule is COc1ccc2nc(C(=O)NCc3cccnc3N3CCOCC3)ccc2c1. The van der Waals surface area contributed by atoms with Gasteiger partial charge in [-0.25, -0.2) is 9.97 Å². The molecule has 1 N–H and O–H groups in total. The van der Waals surface area contributed by atoms with Gasteiger partial charge in [0.15, 0.2) is 0 Å². The average Bonchev–Trinajstić information content (AvgIpc) is 2.77. The second-order valence-electron chi connectivity index (χ2n) is 6.52. The molecule has 1 aliphatic rings. The molecule has 4 rings (SSSR count). The number of amides is 1. The van der Waals surface area contributed by atoms with E-state index in [4.69, 9.17) is 9.47 Å². The zero-order chi connectivity index (χ0) is 19.3. The van der Waals surface area contributed by atoms with Crippen LogP contribution in [0.2, 0.25) is 0 Å². The van der Waals surface area contributed by atoms with E-state index in [1.165, 1.54) is 0 Å². The molecule has 1 aliphatic heterocycles. The van der Waals surface area contributed by atoms with E-state index in [1.807, 2.05) is 36.4 Å². The van der Waals surface area contributed by atoms with Crippen molar-refractivity contribution in [1.82, 2.24) is 15.3 Å². The summed E-state index contributed by atoms with van der Waals surface area (Å²) >= 11 is 0. The molecule has 2 aromatic heterocycles. The summed E-state index contributed by atoms with van der Waals surface area (Å²) in [6.07, 6.45) is 1.77. The Morgan fingerprint density at radius 3 is 2.89 bits per heavy atom. The van der Waals surface area contributed by atoms with Crippen LogP contribution in [-0.2, 0) is 11.3 Å². The topological polar surface area (TPSA) is 76.6 Å². The number of benzene rings is 1. The van der Waals surface area contributed by atoms with Crippen LogP contribution in [0.1, 0.15) is 16.1 Å². The van der Waals surface area contributed by atoms with Crippen LogP contribution in [0, 0.1) is 0 Å². The van der Waals surface area contributed by atoms with Crippen LogP contribution in [0.15, 0.2) is 48.7 Å². The van der Waals surface area contributed by atoms with E-state index in [2.05, 4.69) is 20.2 Å². The third-order valence-corrected chi connectivity index (χ3v) is 4.75. The number of carbonyl (C=O) groups excluding carboxylic acids is 1. The van der Waals surface area contributed by atoms with Gasteiger partial charge in [0, 0.05) is 36.8 Å². The molecule has 1 amide bonds. The maximum absolute atomic E-state index is 12.6. The summed E-state index contributed by atoms with van der Waals surface area (Å²) in [5, 5.41) is 3.89. The summed E-state index contributed by atoms with van der Waals surface area (Å²) < 4.78 is 10.6. The lowest BCUT2D eigenvalue weighted by molar-refractivity contribution is 0.0946. The van der Waals surface area contributed by atoms with Gasteiger partial charge < -0.3 is 19.7 Å². The molecule has 0 unspecified atom stereocenters. The van der Waals surface area contributed by atoms with Gasteiger partial charge in [-0.3, -0.25) is 4.79 Å². The molecule has 1 fully saturated rings. The van der Waals surface area contributed by atoms with Crippen molar-refractivity contribution in [1.29, 1.82) is 0 Å². The summed E-state index contributed by atoms with van der Waals surface area (Å²) in [6, 6.07) is 13.1. The number of morpholine rings is 1. The van der Waals surface area contributed by atoms with Crippen LogP contribution in [0.4, 0.5) is 5.82 Å². The van der Waals surface area contributed by atoms with E-state index >= 15 is 0 Å². The molecule has 0 atom stereocenters. The van der Waals surface area contributed by atoms with E-state index in [1.54, 1.807) is 19.4 Å². The number of methoxy groups -OCH3 is 1. The number of fused-ring (bicyclic) bond motifs is 1. The predicted molar refractivity (Wildman–Crippen MR) is 107 cm³/mol. The summed E-state index contributed by atoms with van der Waals surface area (Å²) in [4.78, 5) is 23.8. The van der Waals surface area contributed by atoms with Gasteiger partial charge in [-0.15, -0.1) is 0 Å². The molecule has 0 saturated carbocycles. The number of nitrogens with zero attached hydrogens (tertiary/aromatic N) is 3. The zero-order valence-corrected chi connectivity index (χ0v) is 15.7. The number of rotatable bonds is 5. The largest absolute Gasteiger partial charge is 0.497 e. The fourth-order valence-corrected chi connectivity index (χ4v) is 3.25. The second-order valence-corrected chi connectivity index (χ2v) is 6.52. The Bertz CT molecular complexity index is 986. The van der Waals surface area contributed by atoms with Crippen molar-refractivity contribution in [2.45, 2.75) is 6.54 Å². The Morgan fingerprint density at radius 2 is 2.07 bits per heavy atom. The van der Waals surface area contributed by atoms with Crippen molar-refractivity contribution in [3.05, 3.63) is 59.9 Å². The Balaban J connectivity index is 1.48. The smallest absolute Gasteiger partial charge is 0.270 e. The molecule has 1 saturated heterocycles. The molecule has 3 aromatic rings. The van der Waals surface area contributed by atoms with Crippen molar-refractivity contribution in [3.8, 4) is 5.75 Å². The molecule has 144 valence electrons. The normalized spacial score (nSPS) is 14.1. The van der Waals surface area contributed by atoms with Crippen LogP contribution < -0.4 is 15.0 Å². The maximum Gasteiger partial charge on any atom is 0.270 e. The summed E-state index contributed by atoms with van der Waals surface area (Å²) in [7, 11) is 1.63. The summed E-state index contributed by atoms with van der Waals surface area (Å²) in [6.45, 7) is 3.37. The van der Waals surface area contributed by atoms with Gasteiger partial charge in [-0.1, -0.05) is 12.1 Å². The van der Waals surface area contributed by atoms with Gasteiger partial charge >= 0.3 is 0 Å². The lowest BCUT2D eigenvalue weighted by Gasteiger charge is -2.29. The fourth-order valence-electron chi connectivity index (χ4n) is 3.25. The third-order valence-electron chi connectivity index (χ3n) is 4.75. The van der Waals surface area contributed by atoms with Gasteiger partial charge in [0.1, 0.15) is 17.3 Å². The number of carbonyl (C=O) groups is 1. The predicted octanol–water partition coefficient (Wildman–Crippen LogP) is 2.41. The molecule has 0 aliphatic carbocycles. The van der Waals surface area contributed by atoms with E-state index in [-0.39, 0.29) is 5.91 Å². The van der Waals surface area contributed by atoms with Crippen molar-refractivity contribution in [2.75, 3.05) is 38.3 Å². The molecule has 1 aromatic carbocycles. The van der Waals surface area contributed by atoms with Gasteiger partial charge in [0.25, 0.3) is 5.91 Å². The molecule has 0 radical (unpaired) electrons. The van der Waals surface area contributed by atoms with Gasteiger partial charge in [0.2, 0.25) is 0 Å². The minimum atomic E-state index is -0.213. The number of hydrogen-bond acceptors (Lipinski definition) is 6. The molecule has 28 heavy (non-hydrogen) atoms. The van der Waals surface area contributed by atoms with Gasteiger partial charge in [0.05, 0.1) is 25.8 Å². The van der Waals surface area contributed by atoms with Crippen molar-refractivity contribution in [2.24, 2.45) is 0 Å². The first-order valence-corrected chi connectivity index (χ1v) is 9.24. The highest BCUT2D eigenvalue weighted by Crippen LogP contribution is 2.20. The molecular weight excluding hydrogens is 356 g/mol. The number of pyridine rings is 2. The van der Waals surface area contributed by atoms with E-state index in [0.29, 0.717) is 25.5 Å². The summed E-state index contributed by atoms with van der Waals surface area (Å²) in [5.41, 5.74) is 2.11. The number of hydrogen-bond donors (Lipinski definition) is 1. The molecule has 0 bridgehead atoms. The highest BCUT2D eigenvalue weighted by Gasteiger charge is 2.16. The van der Waals surface area contributed by atoms with Crippen LogP contribution in [0.5, 0.6) is 5.75 Å². The van der Waals surface area contributed by atoms with Gasteiger partial charge in [-0.05, 0) is 30.3 Å². The van der Waals surface area contributed by atoms with Crippen LogP contribution in [-0.4, -0.2) is 49.3 Å².